The molecule has 0 unspecified atom stereocenters. The Hall–Kier alpha value is -1.33. The number of hydrogen-bond acceptors (Lipinski definition) is 4. The molecule has 1 N–H and O–H groups in total. The van der Waals surface area contributed by atoms with Crippen molar-refractivity contribution in [3.63, 3.8) is 0 Å². The van der Waals surface area contributed by atoms with Gasteiger partial charge in [0, 0.05) is 18.0 Å². The molecule has 0 fully saturated rings. The number of aryl methyl sites for hydroxylation is 1. The zero-order valence-corrected chi connectivity index (χ0v) is 11.4. The van der Waals surface area contributed by atoms with E-state index in [1.54, 1.807) is 18.3 Å². The number of aromatic amines is 1. The van der Waals surface area contributed by atoms with E-state index in [4.69, 9.17) is 11.6 Å². The first-order valence-corrected chi connectivity index (χ1v) is 6.76. The lowest BCUT2D eigenvalue weighted by Crippen LogP contribution is -2.09. The summed E-state index contributed by atoms with van der Waals surface area (Å²) < 4.78 is 0. The summed E-state index contributed by atoms with van der Waals surface area (Å²) in [4.78, 5) is 22.7. The maximum atomic E-state index is 11.5. The molecule has 2 aromatic heterocycles. The largest absolute Gasteiger partial charge is 0.301 e. The van der Waals surface area contributed by atoms with Gasteiger partial charge in [0.2, 0.25) is 0 Å². The summed E-state index contributed by atoms with van der Waals surface area (Å²) in [6, 6.07) is 5.08. The minimum Gasteiger partial charge on any atom is -0.301 e. The van der Waals surface area contributed by atoms with Crippen LogP contribution in [0.4, 0.5) is 0 Å². The summed E-state index contributed by atoms with van der Waals surface area (Å²) in [5, 5.41) is 1.89. The van der Waals surface area contributed by atoms with Crippen LogP contribution in [-0.2, 0) is 6.42 Å². The van der Waals surface area contributed by atoms with E-state index in [-0.39, 0.29) is 5.56 Å². The molecule has 6 heteroatoms. The van der Waals surface area contributed by atoms with Gasteiger partial charge in [0.15, 0.2) is 5.16 Å². The number of nitrogens with zero attached hydrogens (tertiary/aromatic N) is 2. The average Bonchev–Trinajstić information content (AvgIpc) is 2.32. The van der Waals surface area contributed by atoms with Gasteiger partial charge in [-0.2, -0.15) is 0 Å². The predicted molar refractivity (Wildman–Crippen MR) is 72.2 cm³/mol. The smallest absolute Gasteiger partial charge is 0.251 e. The lowest BCUT2D eigenvalue weighted by molar-refractivity contribution is 0.815. The fraction of sp³-hybridized carbons (Fsp3) is 0.250. The Bertz CT molecular complexity index is 583. The maximum Gasteiger partial charge on any atom is 0.251 e. The van der Waals surface area contributed by atoms with Crippen molar-refractivity contribution < 1.29 is 0 Å². The van der Waals surface area contributed by atoms with Crippen molar-refractivity contribution in [2.24, 2.45) is 0 Å². The molecule has 0 spiro atoms. The van der Waals surface area contributed by atoms with Gasteiger partial charge in [-0.15, -0.1) is 0 Å². The molecule has 0 aromatic carbocycles. The number of pyridine rings is 1. The molecule has 0 saturated heterocycles. The summed E-state index contributed by atoms with van der Waals surface area (Å²) in [5.74, 6) is 0. The van der Waals surface area contributed by atoms with E-state index >= 15 is 0 Å². The first-order chi connectivity index (χ1) is 8.67. The molecule has 2 heterocycles. The standard InChI is InChI=1S/C12H12ClN3OS/c1-2-3-9-6-10(17)16-12(15-9)18-11-5-4-8(13)7-14-11/h4-7H,2-3H2,1H3,(H,15,16,17). The number of rotatable bonds is 4. The van der Waals surface area contributed by atoms with Gasteiger partial charge in [0.05, 0.1) is 5.02 Å². The SMILES string of the molecule is CCCc1cc(=O)[nH]c(Sc2ccc(Cl)cn2)n1. The lowest BCUT2D eigenvalue weighted by atomic mass is 10.2. The second kappa shape index (κ2) is 6.02. The van der Waals surface area contributed by atoms with Crippen LogP contribution in [0.1, 0.15) is 19.0 Å². The van der Waals surface area contributed by atoms with Crippen molar-refractivity contribution in [2.45, 2.75) is 29.9 Å². The zero-order chi connectivity index (χ0) is 13.0. The Balaban J connectivity index is 2.23. The van der Waals surface area contributed by atoms with E-state index in [2.05, 4.69) is 21.9 Å². The lowest BCUT2D eigenvalue weighted by Gasteiger charge is -2.02. The van der Waals surface area contributed by atoms with Crippen molar-refractivity contribution in [1.82, 2.24) is 15.0 Å². The highest BCUT2D eigenvalue weighted by atomic mass is 35.5. The molecule has 0 amide bonds. The predicted octanol–water partition coefficient (Wildman–Crippen LogP) is 2.92. The Kier molecular flexibility index (Phi) is 4.38. The van der Waals surface area contributed by atoms with Gasteiger partial charge < -0.3 is 4.98 Å². The molecular formula is C12H12ClN3OS. The fourth-order valence-electron chi connectivity index (χ4n) is 1.44. The van der Waals surface area contributed by atoms with Gasteiger partial charge in [-0.25, -0.2) is 9.97 Å². The van der Waals surface area contributed by atoms with Crippen LogP contribution >= 0.6 is 23.4 Å². The number of halogens is 1. The molecule has 18 heavy (non-hydrogen) atoms. The van der Waals surface area contributed by atoms with Gasteiger partial charge in [-0.05, 0) is 30.3 Å². The highest BCUT2D eigenvalue weighted by Gasteiger charge is 2.04. The van der Waals surface area contributed by atoms with Crippen LogP contribution in [0.3, 0.4) is 0 Å². The van der Waals surface area contributed by atoms with Crippen LogP contribution in [-0.4, -0.2) is 15.0 Å². The van der Waals surface area contributed by atoms with Crippen LogP contribution in [0.25, 0.3) is 0 Å². The van der Waals surface area contributed by atoms with Crippen molar-refractivity contribution in [2.75, 3.05) is 0 Å². The van der Waals surface area contributed by atoms with Crippen molar-refractivity contribution in [3.8, 4) is 0 Å². The Labute approximate surface area is 114 Å². The third kappa shape index (κ3) is 3.58. The molecule has 0 aliphatic carbocycles. The van der Waals surface area contributed by atoms with E-state index in [9.17, 15) is 4.79 Å². The summed E-state index contributed by atoms with van der Waals surface area (Å²) in [5.41, 5.74) is 0.669. The van der Waals surface area contributed by atoms with Gasteiger partial charge in [-0.3, -0.25) is 4.79 Å². The van der Waals surface area contributed by atoms with Gasteiger partial charge in [-0.1, -0.05) is 24.9 Å². The second-order valence-corrected chi connectivity index (χ2v) is 5.15. The van der Waals surface area contributed by atoms with Gasteiger partial charge in [0.1, 0.15) is 5.03 Å². The summed E-state index contributed by atoms with van der Waals surface area (Å²) in [7, 11) is 0. The van der Waals surface area contributed by atoms with Crippen molar-refractivity contribution in [1.29, 1.82) is 0 Å². The van der Waals surface area contributed by atoms with E-state index < -0.39 is 0 Å². The van der Waals surface area contributed by atoms with E-state index in [0.29, 0.717) is 10.2 Å². The van der Waals surface area contributed by atoms with E-state index in [1.165, 1.54) is 17.8 Å². The summed E-state index contributed by atoms with van der Waals surface area (Å²) >= 11 is 7.08. The Morgan fingerprint density at radius 2 is 2.28 bits per heavy atom. The number of H-pyrrole nitrogens is 1. The fourth-order valence-corrected chi connectivity index (χ4v) is 2.30. The molecule has 4 nitrogen and oxygen atoms in total. The van der Waals surface area contributed by atoms with Crippen LogP contribution in [0.5, 0.6) is 0 Å². The molecule has 94 valence electrons. The van der Waals surface area contributed by atoms with Crippen molar-refractivity contribution in [3.05, 3.63) is 45.5 Å². The molecular weight excluding hydrogens is 270 g/mol. The summed E-state index contributed by atoms with van der Waals surface area (Å²) in [6.07, 6.45) is 3.32. The summed E-state index contributed by atoms with van der Waals surface area (Å²) in [6.45, 7) is 2.05. The number of hydrogen-bond donors (Lipinski definition) is 1. The highest BCUT2D eigenvalue weighted by molar-refractivity contribution is 7.99. The minimum atomic E-state index is -0.134. The second-order valence-electron chi connectivity index (χ2n) is 3.71. The molecule has 0 aliphatic rings. The van der Waals surface area contributed by atoms with Gasteiger partial charge >= 0.3 is 0 Å². The Morgan fingerprint density at radius 3 is 2.94 bits per heavy atom. The monoisotopic (exact) mass is 281 g/mol. The normalized spacial score (nSPS) is 10.6. The number of aromatic nitrogens is 3. The van der Waals surface area contributed by atoms with E-state index in [0.717, 1.165) is 23.6 Å². The molecule has 2 rings (SSSR count). The van der Waals surface area contributed by atoms with Crippen molar-refractivity contribution >= 4 is 23.4 Å². The highest BCUT2D eigenvalue weighted by Crippen LogP contribution is 2.22. The molecule has 0 radical (unpaired) electrons. The maximum absolute atomic E-state index is 11.5. The average molecular weight is 282 g/mol. The topological polar surface area (TPSA) is 58.6 Å². The molecule has 0 aliphatic heterocycles. The molecule has 2 aromatic rings. The van der Waals surface area contributed by atoms with E-state index in [1.807, 2.05) is 0 Å². The molecule has 0 saturated carbocycles. The van der Waals surface area contributed by atoms with Crippen LogP contribution in [0.2, 0.25) is 5.02 Å². The minimum absolute atomic E-state index is 0.134. The number of nitrogens with one attached hydrogen (secondary N) is 1. The quantitative estimate of drug-likeness (QED) is 0.876. The third-order valence-corrected chi connectivity index (χ3v) is 3.24. The van der Waals surface area contributed by atoms with Gasteiger partial charge in [0.25, 0.3) is 5.56 Å². The zero-order valence-electron chi connectivity index (χ0n) is 9.81. The molecule has 0 bridgehead atoms. The molecule has 0 atom stereocenters. The first kappa shape index (κ1) is 13.1. The first-order valence-electron chi connectivity index (χ1n) is 5.57. The van der Waals surface area contributed by atoms with Crippen LogP contribution in [0, 0.1) is 0 Å². The van der Waals surface area contributed by atoms with Crippen LogP contribution < -0.4 is 5.56 Å². The van der Waals surface area contributed by atoms with Crippen LogP contribution in [0.15, 0.2) is 39.4 Å². The third-order valence-electron chi connectivity index (χ3n) is 2.18. The Morgan fingerprint density at radius 1 is 1.44 bits per heavy atom.